The van der Waals surface area contributed by atoms with Crippen LogP contribution in [0.2, 0.25) is 0 Å². The molecule has 2 aromatic carbocycles. The number of alkyl carbamates (subject to hydrolysis) is 1. The van der Waals surface area contributed by atoms with Crippen LogP contribution in [0.4, 0.5) is 10.5 Å². The Balaban J connectivity index is 2.02. The standard InChI is InChI=1S/C29H39N3O4S/c1-7-15-32(16-8-2)27(33)23-17-22-10-9-21(20-11-13-24(14-12-20)37(6)35)18-25(22)30-26(19-23)31-28(34)36-29(3,4)5/h9-14,17-18,27,33H,7-8,15-16,19H2,1-6H3,(H,30,31,34). The Bertz CT molecular complexity index is 1180. The van der Waals surface area contributed by atoms with Crippen LogP contribution >= 0.6 is 0 Å². The van der Waals surface area contributed by atoms with E-state index in [9.17, 15) is 14.1 Å². The summed E-state index contributed by atoms with van der Waals surface area (Å²) in [5, 5.41) is 14.1. The Labute approximate surface area is 223 Å². The quantitative estimate of drug-likeness (QED) is 0.421. The number of hydrogen-bond acceptors (Lipinski definition) is 6. The van der Waals surface area contributed by atoms with Gasteiger partial charge in [-0.05, 0) is 74.6 Å². The van der Waals surface area contributed by atoms with Gasteiger partial charge in [0, 0.05) is 47.0 Å². The second-order valence-electron chi connectivity index (χ2n) is 10.2. The Hall–Kier alpha value is -2.81. The van der Waals surface area contributed by atoms with Crippen molar-refractivity contribution in [1.29, 1.82) is 0 Å². The van der Waals surface area contributed by atoms with E-state index in [2.05, 4.69) is 24.1 Å². The van der Waals surface area contributed by atoms with Crippen molar-refractivity contribution < 1.29 is 18.8 Å². The number of carbonyl (C=O) groups is 1. The van der Waals surface area contributed by atoms with E-state index in [1.807, 2.05) is 69.3 Å². The number of hydrogen-bond donors (Lipinski definition) is 2. The zero-order valence-corrected chi connectivity index (χ0v) is 23.5. The Morgan fingerprint density at radius 3 is 2.30 bits per heavy atom. The smallest absolute Gasteiger partial charge is 0.413 e. The van der Waals surface area contributed by atoms with Gasteiger partial charge in [0.05, 0.1) is 5.69 Å². The zero-order chi connectivity index (χ0) is 27.2. The summed E-state index contributed by atoms with van der Waals surface area (Å²) in [6, 6.07) is 13.6. The fraction of sp³-hybridized carbons (Fsp3) is 0.448. The van der Waals surface area contributed by atoms with E-state index in [0.717, 1.165) is 53.1 Å². The van der Waals surface area contributed by atoms with Crippen LogP contribution in [0.3, 0.4) is 0 Å². The molecule has 1 amide bonds. The maximum absolute atomic E-state index is 12.6. The minimum absolute atomic E-state index is 0.283. The van der Waals surface area contributed by atoms with Crippen LogP contribution in [-0.2, 0) is 15.5 Å². The SMILES string of the molecule is CCCN(CCC)C(O)C1=Cc2ccc(-c3ccc(S(C)=O)cc3)cc2N=C(NC(=O)OC(C)(C)C)C1. The number of aliphatic hydroxyl groups excluding tert-OH is 1. The number of fused-ring (bicyclic) bond motifs is 1. The van der Waals surface area contributed by atoms with E-state index in [-0.39, 0.29) is 6.42 Å². The molecule has 2 N–H and O–H groups in total. The number of benzene rings is 2. The van der Waals surface area contributed by atoms with Gasteiger partial charge < -0.3 is 9.84 Å². The topological polar surface area (TPSA) is 91.2 Å². The normalized spacial score (nSPS) is 15.2. The molecule has 3 rings (SSSR count). The summed E-state index contributed by atoms with van der Waals surface area (Å²) in [5.41, 5.74) is 3.58. The van der Waals surface area contributed by atoms with Crippen molar-refractivity contribution >= 4 is 34.5 Å². The third kappa shape index (κ3) is 8.09. The molecule has 7 nitrogen and oxygen atoms in total. The molecular formula is C29H39N3O4S. The maximum atomic E-state index is 12.6. The van der Waals surface area contributed by atoms with E-state index in [4.69, 9.17) is 9.73 Å². The lowest BCUT2D eigenvalue weighted by Crippen LogP contribution is -2.40. The first-order valence-corrected chi connectivity index (χ1v) is 14.3. The average Bonchev–Trinajstić information content (AvgIpc) is 3.00. The fourth-order valence-corrected chi connectivity index (χ4v) is 4.75. The number of amides is 1. The van der Waals surface area contributed by atoms with Crippen LogP contribution in [0.25, 0.3) is 17.2 Å². The highest BCUT2D eigenvalue weighted by Crippen LogP contribution is 2.33. The molecular weight excluding hydrogens is 486 g/mol. The van der Waals surface area contributed by atoms with E-state index < -0.39 is 28.7 Å². The molecule has 0 aromatic heterocycles. The van der Waals surface area contributed by atoms with Crippen molar-refractivity contribution in [2.45, 2.75) is 70.6 Å². The first kappa shape index (κ1) is 28.8. The highest BCUT2D eigenvalue weighted by atomic mass is 32.2. The van der Waals surface area contributed by atoms with Crippen molar-refractivity contribution in [2.75, 3.05) is 19.3 Å². The highest BCUT2D eigenvalue weighted by Gasteiger charge is 2.25. The average molecular weight is 526 g/mol. The molecule has 1 aliphatic rings. The monoisotopic (exact) mass is 525 g/mol. The van der Waals surface area contributed by atoms with Crippen LogP contribution in [0.5, 0.6) is 0 Å². The summed E-state index contributed by atoms with van der Waals surface area (Å²) >= 11 is 0. The number of carbonyl (C=O) groups excluding carboxylic acids is 1. The van der Waals surface area contributed by atoms with E-state index in [0.29, 0.717) is 11.5 Å². The molecule has 0 radical (unpaired) electrons. The number of rotatable bonds is 8. The molecule has 2 aromatic rings. The van der Waals surface area contributed by atoms with Gasteiger partial charge in [0.15, 0.2) is 0 Å². The van der Waals surface area contributed by atoms with Crippen LogP contribution in [-0.4, -0.2) is 57.3 Å². The molecule has 8 heteroatoms. The van der Waals surface area contributed by atoms with Crippen LogP contribution < -0.4 is 5.32 Å². The van der Waals surface area contributed by atoms with Crippen molar-refractivity contribution in [3.8, 4) is 11.1 Å². The summed E-state index contributed by atoms with van der Waals surface area (Å²) in [4.78, 5) is 20.2. The predicted molar refractivity (Wildman–Crippen MR) is 151 cm³/mol. The van der Waals surface area contributed by atoms with Crippen LogP contribution in [0.1, 0.15) is 59.4 Å². The second-order valence-corrected chi connectivity index (χ2v) is 11.6. The third-order valence-electron chi connectivity index (χ3n) is 5.86. The van der Waals surface area contributed by atoms with Crippen molar-refractivity contribution in [1.82, 2.24) is 10.2 Å². The largest absolute Gasteiger partial charge is 0.444 e. The van der Waals surface area contributed by atoms with E-state index in [1.54, 1.807) is 6.26 Å². The van der Waals surface area contributed by atoms with Gasteiger partial charge in [0.25, 0.3) is 0 Å². The molecule has 0 saturated carbocycles. The summed E-state index contributed by atoms with van der Waals surface area (Å²) in [6.07, 6.45) is 4.38. The highest BCUT2D eigenvalue weighted by molar-refractivity contribution is 7.84. The van der Waals surface area contributed by atoms with Gasteiger partial charge in [-0.1, -0.05) is 38.1 Å². The Kier molecular flexibility index (Phi) is 9.81. The van der Waals surface area contributed by atoms with E-state index in [1.165, 1.54) is 0 Å². The molecule has 1 aliphatic heterocycles. The van der Waals surface area contributed by atoms with E-state index >= 15 is 0 Å². The van der Waals surface area contributed by atoms with Gasteiger partial charge in [-0.25, -0.2) is 9.79 Å². The minimum Gasteiger partial charge on any atom is -0.444 e. The molecule has 2 unspecified atom stereocenters. The number of aliphatic hydroxyl groups is 1. The van der Waals surface area contributed by atoms with Crippen molar-refractivity contribution in [3.05, 3.63) is 53.6 Å². The van der Waals surface area contributed by atoms with Crippen molar-refractivity contribution in [2.24, 2.45) is 4.99 Å². The van der Waals surface area contributed by atoms with Crippen LogP contribution in [0.15, 0.2) is 57.9 Å². The predicted octanol–water partition coefficient (Wildman–Crippen LogP) is 5.87. The lowest BCUT2D eigenvalue weighted by Gasteiger charge is -2.29. The summed E-state index contributed by atoms with van der Waals surface area (Å²) < 4.78 is 17.2. The molecule has 200 valence electrons. The zero-order valence-electron chi connectivity index (χ0n) is 22.7. The molecule has 0 fully saturated rings. The maximum Gasteiger partial charge on any atom is 0.413 e. The van der Waals surface area contributed by atoms with Gasteiger partial charge >= 0.3 is 6.09 Å². The molecule has 37 heavy (non-hydrogen) atoms. The fourth-order valence-electron chi connectivity index (χ4n) is 4.23. The number of nitrogens with zero attached hydrogens (tertiary/aromatic N) is 2. The molecule has 0 aliphatic carbocycles. The van der Waals surface area contributed by atoms with Gasteiger partial charge in [-0.15, -0.1) is 0 Å². The van der Waals surface area contributed by atoms with Gasteiger partial charge in [-0.2, -0.15) is 0 Å². The lowest BCUT2D eigenvalue weighted by atomic mass is 10.0. The molecule has 1 heterocycles. The molecule has 0 spiro atoms. The summed E-state index contributed by atoms with van der Waals surface area (Å²) in [6.45, 7) is 11.1. The molecule has 2 atom stereocenters. The summed E-state index contributed by atoms with van der Waals surface area (Å²) in [7, 11) is -1.04. The van der Waals surface area contributed by atoms with Gasteiger partial charge in [0.2, 0.25) is 0 Å². The lowest BCUT2D eigenvalue weighted by molar-refractivity contribution is 0.0321. The van der Waals surface area contributed by atoms with Gasteiger partial charge in [-0.3, -0.25) is 14.4 Å². The summed E-state index contributed by atoms with van der Waals surface area (Å²) in [5.74, 6) is 0.417. The first-order chi connectivity index (χ1) is 17.5. The molecule has 0 bridgehead atoms. The minimum atomic E-state index is -1.04. The number of aliphatic imine (C=N–C) groups is 1. The van der Waals surface area contributed by atoms with Crippen molar-refractivity contribution in [3.63, 3.8) is 0 Å². The number of nitrogens with one attached hydrogen (secondary N) is 1. The third-order valence-corrected chi connectivity index (χ3v) is 6.80. The second kappa shape index (κ2) is 12.6. The Morgan fingerprint density at radius 2 is 1.73 bits per heavy atom. The van der Waals surface area contributed by atoms with Gasteiger partial charge in [0.1, 0.15) is 17.7 Å². The number of ether oxygens (including phenoxy) is 1. The number of amidine groups is 1. The Morgan fingerprint density at radius 1 is 1.11 bits per heavy atom. The molecule has 0 saturated heterocycles. The first-order valence-electron chi connectivity index (χ1n) is 12.8. The van der Waals surface area contributed by atoms with Crippen LogP contribution in [0, 0.1) is 0 Å².